The van der Waals surface area contributed by atoms with Gasteiger partial charge in [0.1, 0.15) is 0 Å². The van der Waals surface area contributed by atoms with E-state index in [1.54, 1.807) is 0 Å². The van der Waals surface area contributed by atoms with Gasteiger partial charge in [0.15, 0.2) is 0 Å². The Kier molecular flexibility index (Phi) is 7.61. The Morgan fingerprint density at radius 1 is 1.24 bits per heavy atom. The fraction of sp³-hybridized carbons (Fsp3) is 1.00. The summed E-state index contributed by atoms with van der Waals surface area (Å²) in [6.07, 6.45) is 6.97. The van der Waals surface area contributed by atoms with Crippen LogP contribution in [0.25, 0.3) is 0 Å². The second-order valence-corrected chi connectivity index (χ2v) is 6.91. The van der Waals surface area contributed by atoms with Gasteiger partial charge < -0.3 is 5.32 Å². The lowest BCUT2D eigenvalue weighted by Gasteiger charge is -2.36. The molecule has 102 valence electrons. The van der Waals surface area contributed by atoms with Crippen molar-refractivity contribution in [3.63, 3.8) is 0 Å². The highest BCUT2D eigenvalue weighted by atomic mass is 32.2. The van der Waals surface area contributed by atoms with Gasteiger partial charge in [0.05, 0.1) is 0 Å². The third-order valence-electron chi connectivity index (χ3n) is 4.24. The zero-order chi connectivity index (χ0) is 12.7. The SMILES string of the molecule is CCNC1CCC(CC)CC1SCC(C)CC. The summed E-state index contributed by atoms with van der Waals surface area (Å²) in [7, 11) is 0. The summed E-state index contributed by atoms with van der Waals surface area (Å²) >= 11 is 2.23. The van der Waals surface area contributed by atoms with Crippen LogP contribution in [0.15, 0.2) is 0 Å². The van der Waals surface area contributed by atoms with Crippen LogP contribution >= 0.6 is 11.8 Å². The maximum Gasteiger partial charge on any atom is 0.0203 e. The van der Waals surface area contributed by atoms with Crippen molar-refractivity contribution in [2.75, 3.05) is 12.3 Å². The largest absolute Gasteiger partial charge is 0.313 e. The molecule has 0 saturated heterocycles. The molecule has 1 aliphatic rings. The van der Waals surface area contributed by atoms with E-state index in [1.165, 1.54) is 37.9 Å². The number of hydrogen-bond donors (Lipinski definition) is 1. The Morgan fingerprint density at radius 3 is 2.59 bits per heavy atom. The molecule has 0 aromatic carbocycles. The van der Waals surface area contributed by atoms with Crippen molar-refractivity contribution in [2.24, 2.45) is 11.8 Å². The average Bonchev–Trinajstić information content (AvgIpc) is 2.37. The molecule has 1 rings (SSSR count). The molecule has 0 aromatic rings. The first-order valence-electron chi connectivity index (χ1n) is 7.56. The molecule has 1 nitrogen and oxygen atoms in total. The van der Waals surface area contributed by atoms with Gasteiger partial charge >= 0.3 is 0 Å². The molecule has 0 aliphatic heterocycles. The molecule has 1 fully saturated rings. The molecule has 0 bridgehead atoms. The first-order chi connectivity index (χ1) is 8.21. The molecule has 0 spiro atoms. The van der Waals surface area contributed by atoms with E-state index in [1.807, 2.05) is 0 Å². The molecule has 4 atom stereocenters. The highest BCUT2D eigenvalue weighted by molar-refractivity contribution is 7.99. The molecule has 2 heteroatoms. The molecular weight excluding hydrogens is 226 g/mol. The van der Waals surface area contributed by atoms with Crippen LogP contribution in [0.4, 0.5) is 0 Å². The van der Waals surface area contributed by atoms with Crippen molar-refractivity contribution in [1.82, 2.24) is 5.32 Å². The zero-order valence-corrected chi connectivity index (χ0v) is 13.0. The number of thioether (sulfide) groups is 1. The number of rotatable bonds is 7. The topological polar surface area (TPSA) is 12.0 Å². The van der Waals surface area contributed by atoms with E-state index in [9.17, 15) is 0 Å². The van der Waals surface area contributed by atoms with Gasteiger partial charge in [-0.2, -0.15) is 11.8 Å². The second kappa shape index (κ2) is 8.42. The van der Waals surface area contributed by atoms with E-state index in [4.69, 9.17) is 0 Å². The molecule has 1 saturated carbocycles. The third kappa shape index (κ3) is 5.21. The minimum Gasteiger partial charge on any atom is -0.313 e. The van der Waals surface area contributed by atoms with Gasteiger partial charge in [0.2, 0.25) is 0 Å². The van der Waals surface area contributed by atoms with Gasteiger partial charge in [-0.05, 0) is 43.4 Å². The van der Waals surface area contributed by atoms with Crippen LogP contribution in [0.5, 0.6) is 0 Å². The second-order valence-electron chi connectivity index (χ2n) is 5.64. The summed E-state index contributed by atoms with van der Waals surface area (Å²) in [6.45, 7) is 10.4. The van der Waals surface area contributed by atoms with E-state index >= 15 is 0 Å². The summed E-state index contributed by atoms with van der Waals surface area (Å²) < 4.78 is 0. The summed E-state index contributed by atoms with van der Waals surface area (Å²) in [5, 5.41) is 4.56. The summed E-state index contributed by atoms with van der Waals surface area (Å²) in [5.41, 5.74) is 0. The van der Waals surface area contributed by atoms with Gasteiger partial charge in [-0.15, -0.1) is 0 Å². The van der Waals surface area contributed by atoms with Crippen molar-refractivity contribution >= 4 is 11.8 Å². The predicted octanol–water partition coefficient (Wildman–Crippen LogP) is 4.32. The quantitative estimate of drug-likeness (QED) is 0.729. The van der Waals surface area contributed by atoms with Crippen molar-refractivity contribution in [1.29, 1.82) is 0 Å². The normalized spacial score (nSPS) is 31.4. The van der Waals surface area contributed by atoms with E-state index in [2.05, 4.69) is 44.8 Å². The number of nitrogens with one attached hydrogen (secondary N) is 1. The molecule has 0 aromatic heterocycles. The van der Waals surface area contributed by atoms with E-state index in [0.717, 1.165) is 29.7 Å². The minimum absolute atomic E-state index is 0.775. The van der Waals surface area contributed by atoms with Gasteiger partial charge in [0, 0.05) is 11.3 Å². The predicted molar refractivity (Wildman–Crippen MR) is 80.8 cm³/mol. The van der Waals surface area contributed by atoms with Crippen LogP contribution in [0.2, 0.25) is 0 Å². The Morgan fingerprint density at radius 2 is 2.00 bits per heavy atom. The smallest absolute Gasteiger partial charge is 0.0203 e. The molecule has 17 heavy (non-hydrogen) atoms. The standard InChI is InChI=1S/C15H31NS/c1-5-12(4)11-17-15-10-13(6-2)8-9-14(15)16-7-3/h12-16H,5-11H2,1-4H3. The Bertz CT molecular complexity index is 195. The van der Waals surface area contributed by atoms with Crippen LogP contribution in [0.3, 0.4) is 0 Å². The van der Waals surface area contributed by atoms with Crippen molar-refractivity contribution in [3.8, 4) is 0 Å². The van der Waals surface area contributed by atoms with E-state index in [-0.39, 0.29) is 0 Å². The highest BCUT2D eigenvalue weighted by Gasteiger charge is 2.29. The summed E-state index contributed by atoms with van der Waals surface area (Å²) in [4.78, 5) is 0. The lowest BCUT2D eigenvalue weighted by molar-refractivity contribution is 0.297. The Balaban J connectivity index is 2.42. The van der Waals surface area contributed by atoms with Crippen LogP contribution in [-0.4, -0.2) is 23.6 Å². The molecule has 0 radical (unpaired) electrons. The average molecular weight is 257 g/mol. The highest BCUT2D eigenvalue weighted by Crippen LogP contribution is 2.35. The lowest BCUT2D eigenvalue weighted by atomic mass is 9.84. The lowest BCUT2D eigenvalue weighted by Crippen LogP contribution is -2.42. The molecular formula is C15H31NS. The zero-order valence-electron chi connectivity index (χ0n) is 12.2. The van der Waals surface area contributed by atoms with Crippen molar-refractivity contribution in [2.45, 2.75) is 71.1 Å². The molecule has 1 aliphatic carbocycles. The molecule has 1 N–H and O–H groups in total. The summed E-state index contributed by atoms with van der Waals surface area (Å²) in [5.74, 6) is 3.21. The third-order valence-corrected chi connectivity index (χ3v) is 5.95. The van der Waals surface area contributed by atoms with Crippen molar-refractivity contribution < 1.29 is 0 Å². The first kappa shape index (κ1) is 15.4. The fourth-order valence-corrected chi connectivity index (χ4v) is 4.35. The van der Waals surface area contributed by atoms with Gasteiger partial charge in [-0.3, -0.25) is 0 Å². The van der Waals surface area contributed by atoms with Gasteiger partial charge in [0.25, 0.3) is 0 Å². The van der Waals surface area contributed by atoms with Crippen LogP contribution in [0, 0.1) is 11.8 Å². The summed E-state index contributed by atoms with van der Waals surface area (Å²) in [6, 6.07) is 0.775. The van der Waals surface area contributed by atoms with Crippen LogP contribution in [0.1, 0.15) is 59.8 Å². The monoisotopic (exact) mass is 257 g/mol. The molecule has 0 amide bonds. The minimum atomic E-state index is 0.775. The van der Waals surface area contributed by atoms with Crippen LogP contribution in [-0.2, 0) is 0 Å². The van der Waals surface area contributed by atoms with Crippen molar-refractivity contribution in [3.05, 3.63) is 0 Å². The maximum atomic E-state index is 3.70. The van der Waals surface area contributed by atoms with E-state index in [0.29, 0.717) is 0 Å². The van der Waals surface area contributed by atoms with Gasteiger partial charge in [-0.1, -0.05) is 40.5 Å². The van der Waals surface area contributed by atoms with Gasteiger partial charge in [-0.25, -0.2) is 0 Å². The molecule has 4 unspecified atom stereocenters. The van der Waals surface area contributed by atoms with E-state index < -0.39 is 0 Å². The van der Waals surface area contributed by atoms with Crippen LogP contribution < -0.4 is 5.32 Å². The molecule has 0 heterocycles. The maximum absolute atomic E-state index is 3.70. The Hall–Kier alpha value is 0.310. The first-order valence-corrected chi connectivity index (χ1v) is 8.61. The number of hydrogen-bond acceptors (Lipinski definition) is 2. The Labute approximate surface area is 113 Å². The fourth-order valence-electron chi connectivity index (χ4n) is 2.67.